The highest BCUT2D eigenvalue weighted by Crippen LogP contribution is 2.42. The van der Waals surface area contributed by atoms with E-state index in [1.54, 1.807) is 7.11 Å². The topological polar surface area (TPSA) is 60.9 Å². The van der Waals surface area contributed by atoms with Crippen molar-refractivity contribution in [2.75, 3.05) is 50.6 Å². The van der Waals surface area contributed by atoms with E-state index in [-0.39, 0.29) is 5.54 Å². The maximum absolute atomic E-state index is 6.63. The molecule has 0 aliphatic carbocycles. The minimum Gasteiger partial charge on any atom is -0.383 e. The fraction of sp³-hybridized carbons (Fsp3) is 0.435. The summed E-state index contributed by atoms with van der Waals surface area (Å²) in [5, 5.41) is 12.3. The summed E-state index contributed by atoms with van der Waals surface area (Å²) < 4.78 is 5.22. The number of piperidine rings is 1. The first kappa shape index (κ1) is 22.2. The van der Waals surface area contributed by atoms with Crippen molar-refractivity contribution in [3.05, 3.63) is 52.0 Å². The zero-order valence-corrected chi connectivity index (χ0v) is 19.5. The Kier molecular flexibility index (Phi) is 6.92. The van der Waals surface area contributed by atoms with Crippen molar-refractivity contribution >= 4 is 46.1 Å². The molecule has 0 aromatic heterocycles. The van der Waals surface area contributed by atoms with E-state index in [0.717, 1.165) is 66.0 Å². The predicted octanol–water partition coefficient (Wildman–Crippen LogP) is 4.44. The number of hydrogen-bond acceptors (Lipinski definition) is 6. The normalized spacial score (nSPS) is 17.0. The van der Waals surface area contributed by atoms with Gasteiger partial charge in [-0.05, 0) is 55.8 Å². The highest BCUT2D eigenvalue weighted by Gasteiger charge is 2.40. The first-order valence-corrected chi connectivity index (χ1v) is 11.4. The average Bonchev–Trinajstić information content (AvgIpc) is 2.76. The molecule has 2 aliphatic rings. The molecule has 8 heteroatoms. The number of halogens is 2. The summed E-state index contributed by atoms with van der Waals surface area (Å²) in [4.78, 5) is 7.15. The van der Waals surface area contributed by atoms with Crippen molar-refractivity contribution in [2.45, 2.75) is 24.9 Å². The van der Waals surface area contributed by atoms with Crippen molar-refractivity contribution < 1.29 is 4.74 Å². The average molecular weight is 462 g/mol. The smallest absolute Gasteiger partial charge is 0.128 e. The largest absolute Gasteiger partial charge is 0.383 e. The molecule has 1 spiro atoms. The molecule has 0 amide bonds. The summed E-state index contributed by atoms with van der Waals surface area (Å²) in [5.74, 6) is 0.957. The van der Waals surface area contributed by atoms with Gasteiger partial charge in [0.2, 0.25) is 0 Å². The number of likely N-dealkylation sites (N-methyl/N-ethyl adjacent to an activating group) is 1. The molecular formula is C23H29Cl2N5O. The molecule has 0 unspecified atom stereocenters. The van der Waals surface area contributed by atoms with Gasteiger partial charge in [0.15, 0.2) is 0 Å². The van der Waals surface area contributed by atoms with Crippen LogP contribution in [0.1, 0.15) is 18.4 Å². The van der Waals surface area contributed by atoms with Crippen LogP contribution in [0.5, 0.6) is 0 Å². The summed E-state index contributed by atoms with van der Waals surface area (Å²) in [6, 6.07) is 12.0. The Hall–Kier alpha value is -1.99. The van der Waals surface area contributed by atoms with Crippen LogP contribution in [0.4, 0.5) is 17.1 Å². The van der Waals surface area contributed by atoms with E-state index in [9.17, 15) is 0 Å². The molecular weight excluding hydrogens is 433 g/mol. The lowest BCUT2D eigenvalue weighted by molar-refractivity contribution is 0.206. The first-order chi connectivity index (χ1) is 15.0. The molecule has 2 heterocycles. The summed E-state index contributed by atoms with van der Waals surface area (Å²) >= 11 is 12.8. The number of rotatable bonds is 6. The number of methoxy groups -OCH3 is 1. The summed E-state index contributed by atoms with van der Waals surface area (Å²) in [6.07, 6.45) is 1.90. The molecule has 166 valence electrons. The van der Waals surface area contributed by atoms with Crippen LogP contribution in [0.15, 0.2) is 41.4 Å². The number of hydrogen-bond donors (Lipinski definition) is 3. The quantitative estimate of drug-likeness (QED) is 0.593. The number of amidine groups is 1. The van der Waals surface area contributed by atoms with Crippen molar-refractivity contribution in [2.24, 2.45) is 4.99 Å². The lowest BCUT2D eigenvalue weighted by Gasteiger charge is -2.43. The minimum absolute atomic E-state index is 0.229. The van der Waals surface area contributed by atoms with Crippen LogP contribution in [-0.4, -0.2) is 51.8 Å². The molecule has 0 saturated carbocycles. The van der Waals surface area contributed by atoms with Gasteiger partial charge in [-0.25, -0.2) is 4.99 Å². The number of nitrogens with one attached hydrogen (secondary N) is 3. The zero-order chi connectivity index (χ0) is 21.8. The van der Waals surface area contributed by atoms with Gasteiger partial charge in [-0.1, -0.05) is 35.3 Å². The minimum atomic E-state index is -0.229. The molecule has 2 aliphatic heterocycles. The third kappa shape index (κ3) is 4.93. The number of aliphatic imine (C=N–C) groups is 1. The molecule has 4 rings (SSSR count). The molecule has 0 radical (unpaired) electrons. The van der Waals surface area contributed by atoms with Gasteiger partial charge in [-0.3, -0.25) is 0 Å². The number of fused-ring (bicyclic) bond motifs is 1. The van der Waals surface area contributed by atoms with Crippen LogP contribution in [0.3, 0.4) is 0 Å². The van der Waals surface area contributed by atoms with Gasteiger partial charge in [0, 0.05) is 32.3 Å². The second kappa shape index (κ2) is 9.65. The van der Waals surface area contributed by atoms with Crippen LogP contribution >= 0.6 is 23.2 Å². The van der Waals surface area contributed by atoms with E-state index in [0.29, 0.717) is 18.2 Å². The third-order valence-electron chi connectivity index (χ3n) is 5.97. The molecule has 2 aromatic rings. The summed E-state index contributed by atoms with van der Waals surface area (Å²) in [6.45, 7) is 3.95. The maximum atomic E-state index is 6.63. The van der Waals surface area contributed by atoms with Gasteiger partial charge in [-0.15, -0.1) is 0 Å². The van der Waals surface area contributed by atoms with Gasteiger partial charge < -0.3 is 25.6 Å². The van der Waals surface area contributed by atoms with Gasteiger partial charge in [-0.2, -0.15) is 0 Å². The van der Waals surface area contributed by atoms with E-state index in [1.807, 2.05) is 31.3 Å². The number of anilines is 2. The van der Waals surface area contributed by atoms with E-state index in [4.69, 9.17) is 32.9 Å². The number of benzene rings is 2. The molecule has 6 nitrogen and oxygen atoms in total. The highest BCUT2D eigenvalue weighted by atomic mass is 35.5. The molecule has 1 fully saturated rings. The standard InChI is InChI=1S/C23H29Cl2N5O/c1-30(10-11-31-2)21-14-20-19(13-18(21)25)28-22(23(29-20)6-8-26-9-7-23)27-15-16-4-3-5-17(24)12-16/h3-5,12-14,26,29H,6-11,15H2,1-2H3,(H,27,28). The Morgan fingerprint density at radius 3 is 2.74 bits per heavy atom. The molecule has 0 bridgehead atoms. The summed E-state index contributed by atoms with van der Waals surface area (Å²) in [7, 11) is 3.73. The second-order valence-electron chi connectivity index (χ2n) is 8.14. The van der Waals surface area contributed by atoms with Gasteiger partial charge in [0.25, 0.3) is 0 Å². The first-order valence-electron chi connectivity index (χ1n) is 10.6. The van der Waals surface area contributed by atoms with Crippen LogP contribution < -0.4 is 20.9 Å². The number of nitrogens with zero attached hydrogens (tertiary/aromatic N) is 2. The fourth-order valence-corrected chi connectivity index (χ4v) is 4.70. The lowest BCUT2D eigenvalue weighted by Crippen LogP contribution is -2.58. The van der Waals surface area contributed by atoms with Crippen LogP contribution in [0, 0.1) is 0 Å². The zero-order valence-electron chi connectivity index (χ0n) is 18.0. The van der Waals surface area contributed by atoms with Crippen molar-refractivity contribution in [3.8, 4) is 0 Å². The Labute approximate surface area is 194 Å². The van der Waals surface area contributed by atoms with E-state index < -0.39 is 0 Å². The molecule has 3 N–H and O–H groups in total. The van der Waals surface area contributed by atoms with Gasteiger partial charge >= 0.3 is 0 Å². The van der Waals surface area contributed by atoms with Crippen molar-refractivity contribution in [3.63, 3.8) is 0 Å². The van der Waals surface area contributed by atoms with Crippen LogP contribution in [0.2, 0.25) is 10.0 Å². The Morgan fingerprint density at radius 2 is 2.00 bits per heavy atom. The Bertz CT molecular complexity index is 959. The Balaban J connectivity index is 1.64. The molecule has 1 saturated heterocycles. The predicted molar refractivity (Wildman–Crippen MR) is 130 cm³/mol. The Morgan fingerprint density at radius 1 is 1.19 bits per heavy atom. The van der Waals surface area contributed by atoms with E-state index >= 15 is 0 Å². The summed E-state index contributed by atoms with van der Waals surface area (Å²) in [5.41, 5.74) is 3.73. The lowest BCUT2D eigenvalue weighted by atomic mass is 9.85. The van der Waals surface area contributed by atoms with Gasteiger partial charge in [0.05, 0.1) is 34.2 Å². The van der Waals surface area contributed by atoms with E-state index in [1.165, 1.54) is 0 Å². The van der Waals surface area contributed by atoms with Crippen LogP contribution in [-0.2, 0) is 11.3 Å². The monoisotopic (exact) mass is 461 g/mol. The fourth-order valence-electron chi connectivity index (χ4n) is 4.19. The molecule has 2 aromatic carbocycles. The van der Waals surface area contributed by atoms with Crippen molar-refractivity contribution in [1.29, 1.82) is 0 Å². The molecule has 31 heavy (non-hydrogen) atoms. The number of ether oxygens (including phenoxy) is 1. The van der Waals surface area contributed by atoms with Crippen molar-refractivity contribution in [1.82, 2.24) is 10.6 Å². The highest BCUT2D eigenvalue weighted by molar-refractivity contribution is 6.34. The SMILES string of the molecule is COCCN(C)c1cc2c(cc1Cl)N=C(NCc1cccc(Cl)c1)C1(CCNCC1)N2. The van der Waals surface area contributed by atoms with E-state index in [2.05, 4.69) is 33.0 Å². The second-order valence-corrected chi connectivity index (χ2v) is 8.98. The molecule has 0 atom stereocenters. The maximum Gasteiger partial charge on any atom is 0.128 e. The third-order valence-corrected chi connectivity index (χ3v) is 6.51. The van der Waals surface area contributed by atoms with Gasteiger partial charge in [0.1, 0.15) is 5.84 Å². The van der Waals surface area contributed by atoms with Crippen LogP contribution in [0.25, 0.3) is 0 Å².